The number of benzene rings is 2. The molecule has 1 aliphatic rings. The average Bonchev–Trinajstić information content (AvgIpc) is 3.49. The summed E-state index contributed by atoms with van der Waals surface area (Å²) in [5, 5.41) is 14.8. The first-order valence-corrected chi connectivity index (χ1v) is 11.3. The van der Waals surface area contributed by atoms with Gasteiger partial charge in [-0.3, -0.25) is 14.7 Å². The van der Waals surface area contributed by atoms with E-state index in [1.165, 1.54) is 12.1 Å². The Morgan fingerprint density at radius 3 is 2.76 bits per heavy atom. The molecular formula is C25H26FN5O2. The van der Waals surface area contributed by atoms with Crippen LogP contribution < -0.4 is 10.6 Å². The summed E-state index contributed by atoms with van der Waals surface area (Å²) < 4.78 is 15.8. The van der Waals surface area contributed by atoms with Crippen LogP contribution in [0.3, 0.4) is 0 Å². The highest BCUT2D eigenvalue weighted by molar-refractivity contribution is 5.99. The van der Waals surface area contributed by atoms with Crippen LogP contribution in [0.2, 0.25) is 0 Å². The molecule has 1 fully saturated rings. The van der Waals surface area contributed by atoms with Crippen molar-refractivity contribution in [1.29, 1.82) is 0 Å². The van der Waals surface area contributed by atoms with E-state index in [0.29, 0.717) is 19.4 Å². The van der Waals surface area contributed by atoms with Crippen LogP contribution in [0, 0.1) is 5.82 Å². The van der Waals surface area contributed by atoms with E-state index in [-0.39, 0.29) is 30.0 Å². The molecule has 3 N–H and O–H groups in total. The summed E-state index contributed by atoms with van der Waals surface area (Å²) in [7, 11) is 0. The third-order valence-corrected chi connectivity index (χ3v) is 6.29. The molecule has 8 heteroatoms. The van der Waals surface area contributed by atoms with Crippen molar-refractivity contribution in [3.63, 3.8) is 0 Å². The van der Waals surface area contributed by atoms with Gasteiger partial charge in [0.25, 0.3) is 0 Å². The van der Waals surface area contributed by atoms with E-state index >= 15 is 0 Å². The Labute approximate surface area is 190 Å². The monoisotopic (exact) mass is 447 g/mol. The molecule has 0 radical (unpaired) electrons. The van der Waals surface area contributed by atoms with Gasteiger partial charge >= 0.3 is 0 Å². The lowest BCUT2D eigenvalue weighted by Crippen LogP contribution is -2.40. The van der Waals surface area contributed by atoms with Crippen molar-refractivity contribution >= 4 is 33.6 Å². The maximum atomic E-state index is 13.7. The van der Waals surface area contributed by atoms with Gasteiger partial charge in [-0.1, -0.05) is 13.8 Å². The lowest BCUT2D eigenvalue weighted by molar-refractivity contribution is -0.127. The summed E-state index contributed by atoms with van der Waals surface area (Å²) in [6, 6.07) is 10.2. The maximum absolute atomic E-state index is 13.7. The SMILES string of the molecule is CC(C)c1c(CCC(=O)NC2CCNC2=O)c2cc3[nH]ncc3cc2n1-c1ccc(F)cc1. The van der Waals surface area contributed by atoms with Crippen LogP contribution in [0.5, 0.6) is 0 Å². The molecule has 1 saturated heterocycles. The van der Waals surface area contributed by atoms with Crippen LogP contribution in [0.15, 0.2) is 42.6 Å². The molecule has 5 rings (SSSR count). The van der Waals surface area contributed by atoms with E-state index in [2.05, 4.69) is 51.4 Å². The average molecular weight is 448 g/mol. The number of halogens is 1. The summed E-state index contributed by atoms with van der Waals surface area (Å²) in [6.45, 7) is 4.83. The zero-order valence-corrected chi connectivity index (χ0v) is 18.6. The minimum atomic E-state index is -0.452. The van der Waals surface area contributed by atoms with Gasteiger partial charge in [0.1, 0.15) is 11.9 Å². The fourth-order valence-corrected chi connectivity index (χ4v) is 4.78. The molecule has 0 spiro atoms. The van der Waals surface area contributed by atoms with Crippen molar-refractivity contribution in [3.8, 4) is 5.69 Å². The first kappa shape index (κ1) is 21.2. The molecule has 33 heavy (non-hydrogen) atoms. The molecule has 1 atom stereocenters. The van der Waals surface area contributed by atoms with E-state index in [1.54, 1.807) is 18.3 Å². The van der Waals surface area contributed by atoms with Crippen molar-refractivity contribution in [2.24, 2.45) is 0 Å². The number of hydrogen-bond donors (Lipinski definition) is 3. The van der Waals surface area contributed by atoms with Gasteiger partial charge in [0.05, 0.1) is 17.2 Å². The second kappa shape index (κ2) is 8.35. The number of aromatic amines is 1. The molecular weight excluding hydrogens is 421 g/mol. The number of H-pyrrole nitrogens is 1. The van der Waals surface area contributed by atoms with Gasteiger partial charge in [-0.05, 0) is 60.7 Å². The van der Waals surface area contributed by atoms with Gasteiger partial charge in [0.2, 0.25) is 11.8 Å². The second-order valence-corrected chi connectivity index (χ2v) is 8.86. The van der Waals surface area contributed by atoms with E-state index in [1.807, 2.05) is 0 Å². The zero-order valence-electron chi connectivity index (χ0n) is 18.6. The lowest BCUT2D eigenvalue weighted by Gasteiger charge is -2.16. The van der Waals surface area contributed by atoms with Gasteiger partial charge in [0.15, 0.2) is 0 Å². The van der Waals surface area contributed by atoms with Crippen molar-refractivity contribution in [2.75, 3.05) is 6.54 Å². The Balaban J connectivity index is 1.59. The smallest absolute Gasteiger partial charge is 0.242 e. The molecule has 0 aliphatic carbocycles. The minimum absolute atomic E-state index is 0.124. The van der Waals surface area contributed by atoms with E-state index < -0.39 is 6.04 Å². The number of nitrogens with one attached hydrogen (secondary N) is 3. The molecule has 2 amide bonds. The van der Waals surface area contributed by atoms with Gasteiger partial charge in [-0.25, -0.2) is 4.39 Å². The Bertz CT molecular complexity index is 1350. The maximum Gasteiger partial charge on any atom is 0.242 e. The molecule has 7 nitrogen and oxygen atoms in total. The number of amides is 2. The highest BCUT2D eigenvalue weighted by atomic mass is 19.1. The Morgan fingerprint density at radius 2 is 2.06 bits per heavy atom. The van der Waals surface area contributed by atoms with E-state index in [4.69, 9.17) is 0 Å². The normalized spacial score (nSPS) is 16.1. The van der Waals surface area contributed by atoms with Gasteiger partial charge in [-0.2, -0.15) is 5.10 Å². The van der Waals surface area contributed by atoms with Crippen molar-refractivity contribution in [1.82, 2.24) is 25.4 Å². The van der Waals surface area contributed by atoms with Crippen molar-refractivity contribution in [2.45, 2.75) is 45.1 Å². The van der Waals surface area contributed by atoms with Gasteiger partial charge in [0, 0.05) is 35.1 Å². The topological polar surface area (TPSA) is 91.8 Å². The molecule has 2 aromatic carbocycles. The molecule has 170 valence electrons. The highest BCUT2D eigenvalue weighted by Crippen LogP contribution is 2.36. The summed E-state index contributed by atoms with van der Waals surface area (Å²) in [5.74, 6) is -0.387. The summed E-state index contributed by atoms with van der Waals surface area (Å²) in [5.41, 5.74) is 4.94. The Hall–Kier alpha value is -3.68. The van der Waals surface area contributed by atoms with Gasteiger partial charge in [-0.15, -0.1) is 0 Å². The first-order valence-electron chi connectivity index (χ1n) is 11.3. The number of nitrogens with zero attached hydrogens (tertiary/aromatic N) is 2. The molecule has 2 aromatic heterocycles. The fraction of sp³-hybridized carbons (Fsp3) is 0.320. The number of fused-ring (bicyclic) bond motifs is 2. The quantitative estimate of drug-likeness (QED) is 0.421. The number of aromatic nitrogens is 3. The van der Waals surface area contributed by atoms with Crippen LogP contribution in [0.25, 0.3) is 27.5 Å². The third-order valence-electron chi connectivity index (χ3n) is 6.29. The molecule has 4 aromatic rings. The summed E-state index contributed by atoms with van der Waals surface area (Å²) >= 11 is 0. The number of aryl methyl sites for hydroxylation is 1. The minimum Gasteiger partial charge on any atom is -0.354 e. The third kappa shape index (κ3) is 3.86. The van der Waals surface area contributed by atoms with Gasteiger partial charge < -0.3 is 15.2 Å². The highest BCUT2D eigenvalue weighted by Gasteiger charge is 2.26. The largest absolute Gasteiger partial charge is 0.354 e. The number of rotatable bonds is 6. The predicted molar refractivity (Wildman–Crippen MR) is 125 cm³/mol. The van der Waals surface area contributed by atoms with Crippen LogP contribution >= 0.6 is 0 Å². The Kier molecular flexibility index (Phi) is 5.36. The zero-order chi connectivity index (χ0) is 23.1. The number of hydrogen-bond acceptors (Lipinski definition) is 3. The molecule has 0 bridgehead atoms. The van der Waals surface area contributed by atoms with E-state index in [9.17, 15) is 14.0 Å². The molecule has 1 aliphatic heterocycles. The predicted octanol–water partition coefficient (Wildman–Crippen LogP) is 3.71. The van der Waals surface area contributed by atoms with Crippen molar-refractivity contribution in [3.05, 3.63) is 59.7 Å². The van der Waals surface area contributed by atoms with Crippen LogP contribution in [0.4, 0.5) is 4.39 Å². The number of carbonyl (C=O) groups excluding carboxylic acids is 2. The fourth-order valence-electron chi connectivity index (χ4n) is 4.78. The lowest BCUT2D eigenvalue weighted by atomic mass is 9.98. The summed E-state index contributed by atoms with van der Waals surface area (Å²) in [4.78, 5) is 24.5. The van der Waals surface area contributed by atoms with E-state index in [0.717, 1.165) is 38.8 Å². The first-order chi connectivity index (χ1) is 15.9. The number of carbonyl (C=O) groups is 2. The standard InChI is InChI=1S/C25H26FN5O2/c1-14(2)24-18(7-8-23(32)29-20-9-10-27-25(20)33)19-12-21-15(13-28-30-21)11-22(19)31(24)17-5-3-16(26)4-6-17/h3-6,11-14,20H,7-10H2,1-2H3,(H,27,33)(H,28,30)(H,29,32). The van der Waals surface area contributed by atoms with Crippen LogP contribution in [0.1, 0.15) is 43.9 Å². The van der Waals surface area contributed by atoms with Crippen molar-refractivity contribution < 1.29 is 14.0 Å². The van der Waals surface area contributed by atoms with Crippen LogP contribution in [-0.4, -0.2) is 39.2 Å². The summed E-state index contributed by atoms with van der Waals surface area (Å²) in [6.07, 6.45) is 3.19. The molecule has 0 saturated carbocycles. The second-order valence-electron chi connectivity index (χ2n) is 8.86. The Morgan fingerprint density at radius 1 is 1.27 bits per heavy atom. The van der Waals surface area contributed by atoms with Crippen LogP contribution in [-0.2, 0) is 16.0 Å². The molecule has 3 heterocycles. The molecule has 1 unspecified atom stereocenters.